The Hall–Kier alpha value is -2.17. The molecule has 84 valence electrons. The highest BCUT2D eigenvalue weighted by atomic mass is 16.6. The molecule has 0 spiro atoms. The topological polar surface area (TPSA) is 80.7 Å². The van der Waals surface area contributed by atoms with Gasteiger partial charge in [0, 0.05) is 0 Å². The lowest BCUT2D eigenvalue weighted by molar-refractivity contribution is -0.140. The van der Waals surface area contributed by atoms with Crippen molar-refractivity contribution in [3.05, 3.63) is 29.8 Å². The predicted molar refractivity (Wildman–Crippen MR) is 53.8 cm³/mol. The summed E-state index contributed by atoms with van der Waals surface area (Å²) in [6.07, 6.45) is -0.459. The Morgan fingerprint density at radius 2 is 1.88 bits per heavy atom. The summed E-state index contributed by atoms with van der Waals surface area (Å²) in [6, 6.07) is 5.67. The number of para-hydroxylation sites is 1. The molecule has 0 aromatic heterocycles. The zero-order chi connectivity index (χ0) is 12.1. The summed E-state index contributed by atoms with van der Waals surface area (Å²) in [5.74, 6) is -2.57. The maximum Gasteiger partial charge on any atom is 0.349 e. The molecule has 0 radical (unpaired) electrons. The predicted octanol–water partition coefficient (Wildman–Crippen LogP) is 1.05. The molecule has 1 N–H and O–H groups in total. The van der Waals surface area contributed by atoms with Crippen molar-refractivity contribution in [1.29, 1.82) is 0 Å². The van der Waals surface area contributed by atoms with Gasteiger partial charge in [-0.05, 0) is 19.1 Å². The minimum absolute atomic E-state index is 0.112. The van der Waals surface area contributed by atoms with Crippen LogP contribution < -0.4 is 0 Å². The van der Waals surface area contributed by atoms with Crippen LogP contribution in [0.3, 0.4) is 0 Å². The smallest absolute Gasteiger partial charge is 0.349 e. The van der Waals surface area contributed by atoms with Crippen molar-refractivity contribution in [3.63, 3.8) is 0 Å². The average molecular weight is 222 g/mol. The number of hydrogen-bond acceptors (Lipinski definition) is 5. The second kappa shape index (κ2) is 5.06. The highest BCUT2D eigenvalue weighted by Crippen LogP contribution is 2.16. The second-order valence-electron chi connectivity index (χ2n) is 3.16. The van der Waals surface area contributed by atoms with Gasteiger partial charge in [0.25, 0.3) is 0 Å². The number of ketones is 1. The Morgan fingerprint density at radius 3 is 2.44 bits per heavy atom. The number of phenols is 1. The number of hydrogen-bond donors (Lipinski definition) is 1. The molecule has 0 fully saturated rings. The van der Waals surface area contributed by atoms with Crippen LogP contribution in [0.4, 0.5) is 0 Å². The fourth-order valence-corrected chi connectivity index (χ4v) is 1.04. The van der Waals surface area contributed by atoms with E-state index in [4.69, 9.17) is 0 Å². The van der Waals surface area contributed by atoms with Gasteiger partial charge in [-0.2, -0.15) is 0 Å². The number of ether oxygens (including phenoxy) is 1. The van der Waals surface area contributed by atoms with E-state index in [1.165, 1.54) is 31.2 Å². The molecule has 0 amide bonds. The van der Waals surface area contributed by atoms with E-state index in [2.05, 4.69) is 4.74 Å². The Balaban J connectivity index is 2.70. The minimum atomic E-state index is -0.968. The van der Waals surface area contributed by atoms with Crippen LogP contribution in [0.15, 0.2) is 24.3 Å². The third kappa shape index (κ3) is 3.20. The highest BCUT2D eigenvalue weighted by Gasteiger charge is 2.16. The van der Waals surface area contributed by atoms with Crippen molar-refractivity contribution in [2.45, 2.75) is 13.3 Å². The number of esters is 2. The van der Waals surface area contributed by atoms with E-state index < -0.39 is 24.1 Å². The van der Waals surface area contributed by atoms with Crippen LogP contribution in [0, 0.1) is 0 Å². The summed E-state index contributed by atoms with van der Waals surface area (Å²) in [4.78, 5) is 32.9. The maximum absolute atomic E-state index is 11.3. The number of benzene rings is 1. The van der Waals surface area contributed by atoms with Crippen molar-refractivity contribution < 1.29 is 24.2 Å². The Bertz CT molecular complexity index is 436. The number of aromatic hydroxyl groups is 1. The normalized spacial score (nSPS) is 9.56. The third-order valence-electron chi connectivity index (χ3n) is 1.72. The summed E-state index contributed by atoms with van der Waals surface area (Å²) in [5, 5.41) is 9.30. The molecule has 0 atom stereocenters. The van der Waals surface area contributed by atoms with Crippen molar-refractivity contribution >= 4 is 17.7 Å². The van der Waals surface area contributed by atoms with Gasteiger partial charge < -0.3 is 9.84 Å². The Morgan fingerprint density at radius 1 is 1.25 bits per heavy atom. The van der Waals surface area contributed by atoms with Crippen molar-refractivity contribution in [3.8, 4) is 5.75 Å². The number of carbonyl (C=O) groups is 3. The van der Waals surface area contributed by atoms with E-state index in [1.54, 1.807) is 0 Å². The lowest BCUT2D eigenvalue weighted by atomic mass is 10.2. The lowest BCUT2D eigenvalue weighted by Gasteiger charge is -2.03. The molecule has 1 aromatic carbocycles. The lowest BCUT2D eigenvalue weighted by Crippen LogP contribution is -2.14. The zero-order valence-electron chi connectivity index (χ0n) is 8.60. The molecule has 1 aromatic rings. The maximum atomic E-state index is 11.3. The van der Waals surface area contributed by atoms with Gasteiger partial charge in [0.2, 0.25) is 0 Å². The minimum Gasteiger partial charge on any atom is -0.507 e. The van der Waals surface area contributed by atoms with Gasteiger partial charge in [-0.1, -0.05) is 12.1 Å². The van der Waals surface area contributed by atoms with Crippen LogP contribution in [-0.2, 0) is 14.3 Å². The SMILES string of the molecule is CC(=O)CC(=O)OC(=O)c1ccccc1O. The van der Waals surface area contributed by atoms with Crippen molar-refractivity contribution in [2.24, 2.45) is 0 Å². The molecule has 1 rings (SSSR count). The fraction of sp³-hybridized carbons (Fsp3) is 0.182. The van der Waals surface area contributed by atoms with Gasteiger partial charge in [0.05, 0.1) is 0 Å². The van der Waals surface area contributed by atoms with Crippen LogP contribution in [0.1, 0.15) is 23.7 Å². The first kappa shape index (κ1) is 11.9. The van der Waals surface area contributed by atoms with Crippen LogP contribution in [0.2, 0.25) is 0 Å². The van der Waals surface area contributed by atoms with E-state index in [0.29, 0.717) is 0 Å². The molecular formula is C11H10O5. The zero-order valence-corrected chi connectivity index (χ0v) is 8.60. The molecule has 16 heavy (non-hydrogen) atoms. The van der Waals surface area contributed by atoms with Crippen LogP contribution in [-0.4, -0.2) is 22.8 Å². The van der Waals surface area contributed by atoms with Crippen molar-refractivity contribution in [2.75, 3.05) is 0 Å². The molecule has 0 aliphatic rings. The molecule has 5 heteroatoms. The first-order valence-electron chi connectivity index (χ1n) is 4.53. The van der Waals surface area contributed by atoms with Gasteiger partial charge in [-0.3, -0.25) is 9.59 Å². The average Bonchev–Trinajstić information content (AvgIpc) is 2.16. The second-order valence-corrected chi connectivity index (χ2v) is 3.16. The Kier molecular flexibility index (Phi) is 3.77. The first-order chi connectivity index (χ1) is 7.50. The molecular weight excluding hydrogens is 212 g/mol. The molecule has 0 aliphatic carbocycles. The molecule has 0 unspecified atom stereocenters. The number of rotatable bonds is 3. The quantitative estimate of drug-likeness (QED) is 0.610. The van der Waals surface area contributed by atoms with Gasteiger partial charge in [0.15, 0.2) is 0 Å². The van der Waals surface area contributed by atoms with E-state index in [9.17, 15) is 19.5 Å². The highest BCUT2D eigenvalue weighted by molar-refractivity contribution is 6.03. The molecule has 0 saturated carbocycles. The Labute approximate surface area is 91.6 Å². The summed E-state index contributed by atoms with van der Waals surface area (Å²) in [7, 11) is 0. The summed E-state index contributed by atoms with van der Waals surface area (Å²) in [6.45, 7) is 1.21. The van der Waals surface area contributed by atoms with E-state index in [1.807, 2.05) is 0 Å². The van der Waals surface area contributed by atoms with Gasteiger partial charge >= 0.3 is 11.9 Å². The van der Waals surface area contributed by atoms with Crippen LogP contribution in [0.25, 0.3) is 0 Å². The monoisotopic (exact) mass is 222 g/mol. The van der Waals surface area contributed by atoms with Gasteiger partial charge in [-0.15, -0.1) is 0 Å². The van der Waals surface area contributed by atoms with Crippen LogP contribution >= 0.6 is 0 Å². The van der Waals surface area contributed by atoms with Crippen LogP contribution in [0.5, 0.6) is 5.75 Å². The number of Topliss-reactive ketones (excluding diaryl/α,β-unsaturated/α-hetero) is 1. The first-order valence-corrected chi connectivity index (χ1v) is 4.53. The summed E-state index contributed by atoms with van der Waals surface area (Å²) in [5.41, 5.74) is -0.112. The van der Waals surface area contributed by atoms with E-state index in [-0.39, 0.29) is 11.3 Å². The van der Waals surface area contributed by atoms with Gasteiger partial charge in [-0.25, -0.2) is 4.79 Å². The molecule has 0 aliphatic heterocycles. The van der Waals surface area contributed by atoms with E-state index >= 15 is 0 Å². The van der Waals surface area contributed by atoms with Crippen molar-refractivity contribution in [1.82, 2.24) is 0 Å². The molecule has 0 bridgehead atoms. The summed E-state index contributed by atoms with van der Waals surface area (Å²) < 4.78 is 4.37. The molecule has 0 saturated heterocycles. The van der Waals surface area contributed by atoms with Gasteiger partial charge in [0.1, 0.15) is 23.5 Å². The molecule has 0 heterocycles. The standard InChI is InChI=1S/C11H10O5/c1-7(12)6-10(14)16-11(15)8-4-2-3-5-9(8)13/h2-5,13H,6H2,1H3. The summed E-state index contributed by atoms with van der Waals surface area (Å²) >= 11 is 0. The third-order valence-corrected chi connectivity index (χ3v) is 1.72. The largest absolute Gasteiger partial charge is 0.507 e. The van der Waals surface area contributed by atoms with E-state index in [0.717, 1.165) is 0 Å². The number of carbonyl (C=O) groups excluding carboxylic acids is 3. The molecule has 5 nitrogen and oxygen atoms in total. The fourth-order valence-electron chi connectivity index (χ4n) is 1.04. The number of phenolic OH excluding ortho intramolecular Hbond substituents is 1.